The number of nitrogens with two attached hydrogens (primary N) is 1. The van der Waals surface area contributed by atoms with E-state index in [0.717, 1.165) is 41.3 Å². The van der Waals surface area contributed by atoms with Crippen LogP contribution < -0.4 is 16.4 Å². The molecule has 0 atom stereocenters. The summed E-state index contributed by atoms with van der Waals surface area (Å²) in [7, 11) is 0. The fourth-order valence-electron chi connectivity index (χ4n) is 3.72. The molecule has 30 heavy (non-hydrogen) atoms. The van der Waals surface area contributed by atoms with Crippen molar-refractivity contribution in [3.63, 3.8) is 0 Å². The molecule has 4 N–H and O–H groups in total. The Labute approximate surface area is 183 Å². The first-order chi connectivity index (χ1) is 14.5. The average Bonchev–Trinajstić information content (AvgIpc) is 3.13. The lowest BCUT2D eigenvalue weighted by molar-refractivity contribution is -0.384. The van der Waals surface area contributed by atoms with Crippen LogP contribution in [0.5, 0.6) is 0 Å². The van der Waals surface area contributed by atoms with Crippen molar-refractivity contribution in [2.75, 3.05) is 17.2 Å². The van der Waals surface area contributed by atoms with Crippen LogP contribution in [-0.4, -0.2) is 27.5 Å². The summed E-state index contributed by atoms with van der Waals surface area (Å²) in [6.07, 6.45) is 5.27. The Morgan fingerprint density at radius 1 is 1.27 bits per heavy atom. The number of hydrogen-bond acceptors (Lipinski definition) is 8. The van der Waals surface area contributed by atoms with Crippen LogP contribution in [0.25, 0.3) is 10.1 Å². The van der Waals surface area contributed by atoms with Gasteiger partial charge in [0.15, 0.2) is 0 Å². The molecule has 1 saturated carbocycles. The minimum absolute atomic E-state index is 0.124. The van der Waals surface area contributed by atoms with E-state index in [2.05, 4.69) is 26.0 Å². The predicted octanol–water partition coefficient (Wildman–Crippen LogP) is 4.79. The quantitative estimate of drug-likeness (QED) is 0.352. The van der Waals surface area contributed by atoms with Crippen molar-refractivity contribution in [1.82, 2.24) is 9.97 Å². The highest BCUT2D eigenvalue weighted by atomic mass is 35.5. The van der Waals surface area contributed by atoms with Crippen molar-refractivity contribution in [3.8, 4) is 0 Å². The summed E-state index contributed by atoms with van der Waals surface area (Å²) in [6, 6.07) is 6.07. The number of anilines is 2. The molecule has 0 unspecified atom stereocenters. The fourth-order valence-corrected chi connectivity index (χ4v) is 4.84. The molecule has 0 bridgehead atoms. The Morgan fingerprint density at radius 3 is 2.83 bits per heavy atom. The van der Waals surface area contributed by atoms with Gasteiger partial charge in [0.05, 0.1) is 4.92 Å². The van der Waals surface area contributed by atoms with Crippen LogP contribution in [-0.2, 0) is 6.54 Å². The second kappa shape index (κ2) is 9.11. The van der Waals surface area contributed by atoms with Gasteiger partial charge >= 0.3 is 5.69 Å². The van der Waals surface area contributed by atoms with E-state index in [0.29, 0.717) is 30.0 Å². The van der Waals surface area contributed by atoms with Gasteiger partial charge in [-0.15, -0.1) is 11.3 Å². The van der Waals surface area contributed by atoms with Gasteiger partial charge in [-0.2, -0.15) is 4.98 Å². The van der Waals surface area contributed by atoms with E-state index in [9.17, 15) is 10.1 Å². The largest absolute Gasteiger partial charge is 0.364 e. The zero-order valence-corrected chi connectivity index (χ0v) is 17.9. The van der Waals surface area contributed by atoms with Gasteiger partial charge in [-0.05, 0) is 66.1 Å². The molecule has 1 aliphatic rings. The van der Waals surface area contributed by atoms with Crippen molar-refractivity contribution in [3.05, 3.63) is 50.5 Å². The van der Waals surface area contributed by atoms with Crippen LogP contribution in [0.1, 0.15) is 31.2 Å². The van der Waals surface area contributed by atoms with Gasteiger partial charge in [-0.25, -0.2) is 4.98 Å². The lowest BCUT2D eigenvalue weighted by Crippen LogP contribution is -2.29. The molecular weight excluding hydrogens is 424 g/mol. The zero-order chi connectivity index (χ0) is 21.1. The summed E-state index contributed by atoms with van der Waals surface area (Å²) in [5, 5.41) is 21.5. The van der Waals surface area contributed by atoms with Gasteiger partial charge in [-0.1, -0.05) is 11.6 Å². The molecular formula is C20H23ClN6O2S. The molecule has 0 amide bonds. The second-order valence-electron chi connectivity index (χ2n) is 7.60. The maximum absolute atomic E-state index is 11.4. The fraction of sp³-hybridized carbons (Fsp3) is 0.400. The Morgan fingerprint density at radius 2 is 2.07 bits per heavy atom. The third-order valence-electron chi connectivity index (χ3n) is 5.47. The minimum Gasteiger partial charge on any atom is -0.364 e. The number of nitrogens with one attached hydrogen (secondary N) is 2. The molecule has 3 aromatic rings. The number of aromatic nitrogens is 2. The molecule has 4 rings (SSSR count). The Kier molecular flexibility index (Phi) is 6.31. The summed E-state index contributed by atoms with van der Waals surface area (Å²) >= 11 is 7.76. The van der Waals surface area contributed by atoms with E-state index in [1.807, 2.05) is 18.2 Å². The second-order valence-corrected chi connectivity index (χ2v) is 8.95. The van der Waals surface area contributed by atoms with Gasteiger partial charge in [0.2, 0.25) is 11.8 Å². The molecule has 2 heterocycles. The monoisotopic (exact) mass is 446 g/mol. The van der Waals surface area contributed by atoms with Crippen LogP contribution >= 0.6 is 22.9 Å². The van der Waals surface area contributed by atoms with Crippen LogP contribution in [0, 0.1) is 16.0 Å². The van der Waals surface area contributed by atoms with Crippen molar-refractivity contribution < 1.29 is 4.92 Å². The van der Waals surface area contributed by atoms with E-state index in [1.54, 1.807) is 11.3 Å². The molecule has 8 nitrogen and oxygen atoms in total. The van der Waals surface area contributed by atoms with Gasteiger partial charge in [0.25, 0.3) is 0 Å². The maximum Gasteiger partial charge on any atom is 0.329 e. The molecule has 0 spiro atoms. The molecule has 10 heteroatoms. The smallest absolute Gasteiger partial charge is 0.329 e. The summed E-state index contributed by atoms with van der Waals surface area (Å²) in [6.45, 7) is 1.13. The van der Waals surface area contributed by atoms with Gasteiger partial charge in [-0.3, -0.25) is 10.1 Å². The molecule has 0 saturated heterocycles. The van der Waals surface area contributed by atoms with Gasteiger partial charge in [0.1, 0.15) is 6.20 Å². The van der Waals surface area contributed by atoms with Crippen molar-refractivity contribution in [2.24, 2.45) is 11.7 Å². The normalized spacial score (nSPS) is 19.0. The topological polar surface area (TPSA) is 119 Å². The van der Waals surface area contributed by atoms with Gasteiger partial charge in [0, 0.05) is 28.9 Å². The number of hydrogen-bond donors (Lipinski definition) is 3. The van der Waals surface area contributed by atoms with E-state index in [-0.39, 0.29) is 17.5 Å². The van der Waals surface area contributed by atoms with E-state index in [4.69, 9.17) is 17.3 Å². The van der Waals surface area contributed by atoms with Gasteiger partial charge < -0.3 is 16.4 Å². The summed E-state index contributed by atoms with van der Waals surface area (Å²) in [4.78, 5) is 19.4. The Bertz CT molecular complexity index is 1050. The highest BCUT2D eigenvalue weighted by Gasteiger charge is 2.22. The lowest BCUT2D eigenvalue weighted by Gasteiger charge is -2.26. The summed E-state index contributed by atoms with van der Waals surface area (Å²) in [5.74, 6) is 1.03. The Hall–Kier alpha value is -2.49. The van der Waals surface area contributed by atoms with Crippen molar-refractivity contribution >= 4 is 50.5 Å². The van der Waals surface area contributed by atoms with E-state index in [1.165, 1.54) is 6.20 Å². The molecule has 1 aliphatic carbocycles. The van der Waals surface area contributed by atoms with Crippen molar-refractivity contribution in [2.45, 2.75) is 38.3 Å². The molecule has 1 aromatic carbocycles. The average molecular weight is 447 g/mol. The highest BCUT2D eigenvalue weighted by molar-refractivity contribution is 7.17. The third-order valence-corrected chi connectivity index (χ3v) is 6.72. The first-order valence-electron chi connectivity index (χ1n) is 9.90. The molecule has 1 fully saturated rings. The molecule has 158 valence electrons. The summed E-state index contributed by atoms with van der Waals surface area (Å²) < 4.78 is 1.15. The third kappa shape index (κ3) is 4.80. The number of fused-ring (bicyclic) bond motifs is 1. The van der Waals surface area contributed by atoms with Crippen LogP contribution in [0.15, 0.2) is 29.8 Å². The summed E-state index contributed by atoms with van der Waals surface area (Å²) in [5.41, 5.74) is 6.91. The van der Waals surface area contributed by atoms with Crippen molar-refractivity contribution in [1.29, 1.82) is 0 Å². The first-order valence-corrected chi connectivity index (χ1v) is 11.2. The molecule has 0 radical (unpaired) electrons. The van der Waals surface area contributed by atoms with E-state index < -0.39 is 4.92 Å². The number of halogens is 1. The lowest BCUT2D eigenvalue weighted by atomic mass is 9.86. The molecule has 2 aromatic heterocycles. The van der Waals surface area contributed by atoms with Crippen LogP contribution in [0.3, 0.4) is 0 Å². The standard InChI is InChI=1S/C20H23ClN6O2S/c21-14-3-6-18-16(7-14)13(11-30-18)9-24-20-25-10-17(27(28)29)19(26-20)23-8-12-1-4-15(22)5-2-12/h3,6-7,10-12,15H,1-2,4-5,8-9,22H2,(H2,23,24,25,26). The number of benzene rings is 1. The maximum atomic E-state index is 11.4. The SMILES string of the molecule is NC1CCC(CNc2nc(NCc3csc4ccc(Cl)cc34)ncc2[N+](=O)[O-])CC1. The van der Waals surface area contributed by atoms with Crippen LogP contribution in [0.4, 0.5) is 17.5 Å². The minimum atomic E-state index is -0.461. The number of nitro groups is 1. The molecule has 0 aliphatic heterocycles. The first kappa shape index (κ1) is 20.8. The number of nitrogens with zero attached hydrogens (tertiary/aromatic N) is 3. The van der Waals surface area contributed by atoms with Crippen LogP contribution in [0.2, 0.25) is 5.02 Å². The zero-order valence-electron chi connectivity index (χ0n) is 16.3. The highest BCUT2D eigenvalue weighted by Crippen LogP contribution is 2.30. The predicted molar refractivity (Wildman–Crippen MR) is 121 cm³/mol. The van der Waals surface area contributed by atoms with E-state index >= 15 is 0 Å². The number of rotatable bonds is 7. The Balaban J connectivity index is 1.46. The number of thiophene rings is 1.